The fourth-order valence-corrected chi connectivity index (χ4v) is 14.0. The number of aliphatic hydroxyl groups is 16. The highest BCUT2D eigenvalue weighted by atomic mass is 16.7. The molecule has 6 aliphatic rings. The lowest BCUT2D eigenvalue weighted by Gasteiger charge is -2.39. The molecule has 4 aromatic carbocycles. The van der Waals surface area contributed by atoms with Crippen molar-refractivity contribution in [2.45, 2.75) is 136 Å². The zero-order valence-electron chi connectivity index (χ0n) is 58.2. The van der Waals surface area contributed by atoms with Gasteiger partial charge in [0.15, 0.2) is 25.2 Å². The zero-order chi connectivity index (χ0) is 75.9. The Morgan fingerprint density at radius 3 is 0.815 bits per heavy atom. The van der Waals surface area contributed by atoms with E-state index in [1.54, 1.807) is 24.3 Å². The Bertz CT molecular complexity index is 4080. The van der Waals surface area contributed by atoms with Crippen LogP contribution in [0.15, 0.2) is 145 Å². The summed E-state index contributed by atoms with van der Waals surface area (Å²) in [6.07, 6.45) is -28.5. The first-order chi connectivity index (χ1) is 52.3. The van der Waals surface area contributed by atoms with Crippen molar-refractivity contribution < 1.29 is 139 Å². The number of fused-ring (bicyclic) bond motifs is 8. The first-order valence-electron chi connectivity index (χ1n) is 35.5. The molecule has 5 fully saturated rings. The lowest BCUT2D eigenvalue weighted by molar-refractivity contribution is -0.301. The second kappa shape index (κ2) is 35.3. The van der Waals surface area contributed by atoms with Crippen LogP contribution in [0.5, 0.6) is 23.0 Å². The van der Waals surface area contributed by atoms with Crippen LogP contribution in [0.1, 0.15) is 57.9 Å². The predicted octanol–water partition coefficient (Wildman–Crippen LogP) is -3.14. The molecule has 7 aromatic rings. The molecule has 0 spiro atoms. The Balaban J connectivity index is 0.884. The Labute approximate surface area is 617 Å². The zero-order valence-corrected chi connectivity index (χ0v) is 58.2. The number of allylic oxidation sites excluding steroid dienone is 2. The minimum Gasteiger partial charge on any atom is -0.491 e. The molecule has 9 heterocycles. The van der Waals surface area contributed by atoms with Gasteiger partial charge < -0.3 is 159 Å². The molecule has 20 N–H and O–H groups in total. The third-order valence-corrected chi connectivity index (χ3v) is 19.6. The van der Waals surface area contributed by atoms with E-state index >= 15 is 0 Å². The van der Waals surface area contributed by atoms with Gasteiger partial charge in [0.2, 0.25) is 0 Å². The van der Waals surface area contributed by atoms with Gasteiger partial charge in [-0.3, -0.25) is 0 Å². The topological polar surface area (TPSA) is 494 Å². The van der Waals surface area contributed by atoms with Gasteiger partial charge in [-0.1, -0.05) is 48.5 Å². The smallest absolute Gasteiger partial charge is 0.186 e. The van der Waals surface area contributed by atoms with Crippen LogP contribution in [0, 0.1) is 0 Å². The molecule has 0 aliphatic carbocycles. The van der Waals surface area contributed by atoms with Crippen molar-refractivity contribution in [3.63, 3.8) is 0 Å². The van der Waals surface area contributed by atoms with Crippen LogP contribution in [-0.2, 0) is 37.9 Å². The number of hydrogen-bond acceptors (Lipinski definition) is 29. The number of H-pyrrole nitrogens is 3. The van der Waals surface area contributed by atoms with Gasteiger partial charge >= 0.3 is 0 Å². The molecule has 8 bridgehead atoms. The van der Waals surface area contributed by atoms with Gasteiger partial charge in [-0.15, -0.1) is 0 Å². The van der Waals surface area contributed by atoms with Crippen LogP contribution in [0.4, 0.5) is 0 Å². The van der Waals surface area contributed by atoms with Crippen molar-refractivity contribution in [2.75, 3.05) is 79.3 Å². The maximum atomic E-state index is 10.7. The minimum absolute atomic E-state index is 0.0485. The number of ether oxygens (including phenoxy) is 12. The van der Waals surface area contributed by atoms with E-state index in [2.05, 4.69) is 20.3 Å². The largest absolute Gasteiger partial charge is 0.491 e. The summed E-state index contributed by atoms with van der Waals surface area (Å²) in [4.78, 5) is 11.3. The fraction of sp³-hybridized carbons (Fsp3) is 0.447. The van der Waals surface area contributed by atoms with E-state index in [1.165, 1.54) is 0 Å². The molecule has 20 atom stereocenters. The average molecular weight is 1510 g/mol. The highest BCUT2D eigenvalue weighted by Gasteiger charge is 2.48. The summed E-state index contributed by atoms with van der Waals surface area (Å²) in [6, 6.07) is 41.4. The van der Waals surface area contributed by atoms with Gasteiger partial charge in [-0.25, -0.2) is 0 Å². The van der Waals surface area contributed by atoms with E-state index in [1.807, 2.05) is 109 Å². The molecule has 3 aromatic heterocycles. The summed E-state index contributed by atoms with van der Waals surface area (Å²) in [5.41, 5.74) is 10.0. The number of aromatic nitrogens is 3. The lowest BCUT2D eigenvalue weighted by atomic mass is 9.98. The molecule has 0 radical (unpaired) electrons. The minimum atomic E-state index is -1.64. The molecular weight excluding hydrogens is 1420 g/mol. The monoisotopic (exact) mass is 1510 g/mol. The summed E-state index contributed by atoms with van der Waals surface area (Å²) in [5, 5.41) is 170. The summed E-state index contributed by atoms with van der Waals surface area (Å²) in [6.45, 7) is -3.24. The second-order valence-corrected chi connectivity index (χ2v) is 26.7. The molecule has 32 heteroatoms. The SMILES string of the molecule is OC[C@H]1O[C@@H](OCCOc2cccc(C3=C4CCC(=C(c5cccc(OCCO[C@@H]6O[C@H](CO)[C@@H](O)[C@H](O)[C@H]6O)c5)c5ccc([nH]5)C(c5cccc(OCCO[C@@H]6O[C@H](CO)[C@@H](O)[C@H](O)[C@H]6O)c5)=c5ccc([nH]5)=C(c5cccc(OCCO[C@@H]6O[C@H](CO)[C@@H](O)[C@H](O)[C@H]6O)c5)c5ccc3[nH]5)N4)c2)[C@H](O)[C@@H](O)[C@@H]1O. The Kier molecular flexibility index (Phi) is 25.6. The summed E-state index contributed by atoms with van der Waals surface area (Å²) < 4.78 is 70.4. The van der Waals surface area contributed by atoms with Crippen LogP contribution in [0.2, 0.25) is 0 Å². The normalized spacial score (nSPS) is 30.2. The lowest BCUT2D eigenvalue weighted by Crippen LogP contribution is -2.59. The van der Waals surface area contributed by atoms with Crippen molar-refractivity contribution in [1.29, 1.82) is 0 Å². The molecule has 582 valence electrons. The van der Waals surface area contributed by atoms with Crippen LogP contribution < -0.4 is 35.0 Å². The Morgan fingerprint density at radius 1 is 0.287 bits per heavy atom. The van der Waals surface area contributed by atoms with Gasteiger partial charge in [0.1, 0.15) is 147 Å². The first kappa shape index (κ1) is 78.1. The van der Waals surface area contributed by atoms with Crippen molar-refractivity contribution in [3.05, 3.63) is 201 Å². The third-order valence-electron chi connectivity index (χ3n) is 19.6. The van der Waals surface area contributed by atoms with E-state index in [-0.39, 0.29) is 52.9 Å². The van der Waals surface area contributed by atoms with Gasteiger partial charge in [0.25, 0.3) is 0 Å². The van der Waals surface area contributed by atoms with Crippen LogP contribution in [0.3, 0.4) is 0 Å². The highest BCUT2D eigenvalue weighted by Crippen LogP contribution is 2.41. The standard InChI is InChI=1S/C76H90N4O28/c81-33-53-61(85)65(89)69(93)73(105-53)101-25-21-97-41-9-1-5-37(29-41)57-45-13-15-47(77-45)58(38-6-2-10-42(30-38)98-22-26-102-74-70(94)66(90)62(86)54(34-82)106-74)49-17-19-51(79-49)60(40-8-4-12-44(32-40)100-24-28-104-76-72(96)68(92)64(88)56(36-84)108-76)52-20-18-50(80-52)59(48-16-14-46(57)78-48)39-7-3-11-43(31-39)99-23-27-103-75-71(95)67(91)63(87)55(35-83)107-75/h1-17,19,29-32,53-56,61-96H,18,20-28,33-36H2/t53-,54-,55-,56-,61-,62-,63-,64-,65+,66+,67+,68+,69-,70-,71-,72-,73-,74-,75-,76-/m1/s1. The van der Waals surface area contributed by atoms with Crippen molar-refractivity contribution in [2.24, 2.45) is 0 Å². The maximum absolute atomic E-state index is 10.7. The van der Waals surface area contributed by atoms with Gasteiger partial charge in [-0.05, 0) is 120 Å². The Morgan fingerprint density at radius 2 is 0.546 bits per heavy atom. The molecule has 13 rings (SSSR count). The van der Waals surface area contributed by atoms with Crippen molar-refractivity contribution in [3.8, 4) is 23.0 Å². The summed E-state index contributed by atoms with van der Waals surface area (Å²) in [7, 11) is 0. The molecule has 6 aliphatic heterocycles. The van der Waals surface area contributed by atoms with Crippen LogP contribution >= 0.6 is 0 Å². The van der Waals surface area contributed by atoms with E-state index in [0.717, 1.165) is 33.7 Å². The van der Waals surface area contributed by atoms with Crippen LogP contribution in [-0.4, -0.2) is 299 Å². The quantitative estimate of drug-likeness (QED) is 0.0216. The van der Waals surface area contributed by atoms with Crippen LogP contribution in [0.25, 0.3) is 22.3 Å². The molecule has 108 heavy (non-hydrogen) atoms. The van der Waals surface area contributed by atoms with Crippen molar-refractivity contribution >= 4 is 22.3 Å². The molecule has 0 unspecified atom stereocenters. The maximum Gasteiger partial charge on any atom is 0.186 e. The first-order valence-corrected chi connectivity index (χ1v) is 35.5. The van der Waals surface area contributed by atoms with Gasteiger partial charge in [-0.2, -0.15) is 0 Å². The fourth-order valence-electron chi connectivity index (χ4n) is 14.0. The number of aromatic amines is 3. The molecular formula is C76H90N4O28. The number of nitrogens with one attached hydrogen (secondary N) is 4. The van der Waals surface area contributed by atoms with E-state index in [0.29, 0.717) is 91.6 Å². The van der Waals surface area contributed by atoms with Crippen molar-refractivity contribution in [1.82, 2.24) is 20.3 Å². The molecule has 32 nitrogen and oxygen atoms in total. The number of benzene rings is 4. The van der Waals surface area contributed by atoms with Gasteiger partial charge in [0.05, 0.1) is 52.9 Å². The molecule has 0 saturated carbocycles. The number of rotatable bonds is 28. The van der Waals surface area contributed by atoms with Gasteiger partial charge in [0, 0.05) is 67.2 Å². The Hall–Kier alpha value is -8.02. The second-order valence-electron chi connectivity index (χ2n) is 26.7. The summed E-state index contributed by atoms with van der Waals surface area (Å²) in [5.74, 6) is 1.72. The average Bonchev–Trinajstić information content (AvgIpc) is 1.61. The van der Waals surface area contributed by atoms with E-state index < -0.39 is 149 Å². The highest BCUT2D eigenvalue weighted by molar-refractivity contribution is 5.88. The number of hydrogen-bond donors (Lipinski definition) is 20. The van der Waals surface area contributed by atoms with E-state index in [9.17, 15) is 81.7 Å². The van der Waals surface area contributed by atoms with E-state index in [4.69, 9.17) is 56.8 Å². The number of aliphatic hydroxyl groups excluding tert-OH is 16. The third kappa shape index (κ3) is 17.1. The summed E-state index contributed by atoms with van der Waals surface area (Å²) >= 11 is 0. The molecule has 5 saturated heterocycles. The predicted molar refractivity (Wildman–Crippen MR) is 376 cm³/mol. The molecule has 0 amide bonds.